The Labute approximate surface area is 153 Å². The van der Waals surface area contributed by atoms with Gasteiger partial charge in [0.15, 0.2) is 5.65 Å². The minimum atomic E-state index is -0.136. The van der Waals surface area contributed by atoms with Gasteiger partial charge in [-0.2, -0.15) is 5.10 Å². The molecule has 6 heteroatoms. The molecule has 0 unspecified atom stereocenters. The molecule has 0 bridgehead atoms. The van der Waals surface area contributed by atoms with Gasteiger partial charge in [0, 0.05) is 24.5 Å². The molecule has 0 aliphatic carbocycles. The first-order chi connectivity index (χ1) is 12.5. The molecule has 2 aromatic heterocycles. The Kier molecular flexibility index (Phi) is 5.32. The van der Waals surface area contributed by atoms with E-state index in [1.807, 2.05) is 51.2 Å². The van der Waals surface area contributed by atoms with E-state index in [-0.39, 0.29) is 5.91 Å². The zero-order valence-electron chi connectivity index (χ0n) is 15.7. The number of hydrogen-bond acceptors (Lipinski definition) is 4. The van der Waals surface area contributed by atoms with Gasteiger partial charge in [0.25, 0.3) is 0 Å². The maximum atomic E-state index is 12.1. The van der Waals surface area contributed by atoms with Crippen molar-refractivity contribution in [2.75, 3.05) is 0 Å². The summed E-state index contributed by atoms with van der Waals surface area (Å²) >= 11 is 0. The van der Waals surface area contributed by atoms with Gasteiger partial charge in [-0.1, -0.05) is 30.3 Å². The first-order valence-electron chi connectivity index (χ1n) is 8.71. The second-order valence-corrected chi connectivity index (χ2v) is 6.51. The normalized spacial score (nSPS) is 11.1. The largest absolute Gasteiger partial charge is 0.273 e. The van der Waals surface area contributed by atoms with E-state index in [1.54, 1.807) is 4.68 Å². The molecule has 3 rings (SSSR count). The highest BCUT2D eigenvalue weighted by Gasteiger charge is 2.16. The highest BCUT2D eigenvalue weighted by atomic mass is 16.6. The lowest BCUT2D eigenvalue weighted by atomic mass is 9.99. The molecule has 6 nitrogen and oxygen atoms in total. The van der Waals surface area contributed by atoms with Gasteiger partial charge in [-0.05, 0) is 43.9 Å². The third kappa shape index (κ3) is 3.75. The topological polar surface area (TPSA) is 69.0 Å². The molecule has 0 saturated heterocycles. The van der Waals surface area contributed by atoms with Gasteiger partial charge in [-0.15, -0.1) is 0 Å². The zero-order chi connectivity index (χ0) is 18.7. The molecule has 1 N–H and O–H groups in total. The average Bonchev–Trinajstić information content (AvgIpc) is 2.89. The quantitative estimate of drug-likeness (QED) is 0.692. The number of carbonyl (C=O) groups excluding carboxylic acids is 1. The van der Waals surface area contributed by atoms with Crippen molar-refractivity contribution in [3.05, 3.63) is 58.4 Å². The van der Waals surface area contributed by atoms with Crippen LogP contribution in [0.5, 0.6) is 0 Å². The smallest absolute Gasteiger partial charge is 0.243 e. The van der Waals surface area contributed by atoms with Crippen LogP contribution in [0.2, 0.25) is 0 Å². The number of benzene rings is 1. The number of aryl methyl sites for hydroxylation is 4. The molecule has 0 saturated carbocycles. The van der Waals surface area contributed by atoms with Crippen molar-refractivity contribution in [1.29, 1.82) is 0 Å². The lowest BCUT2D eigenvalue weighted by Gasteiger charge is -2.11. The van der Waals surface area contributed by atoms with Crippen LogP contribution >= 0.6 is 0 Å². The lowest BCUT2D eigenvalue weighted by Crippen LogP contribution is -2.24. The van der Waals surface area contributed by atoms with Crippen LogP contribution in [0.15, 0.2) is 30.3 Å². The Hall–Kier alpha value is -2.73. The highest BCUT2D eigenvalue weighted by molar-refractivity contribution is 5.83. The second-order valence-electron chi connectivity index (χ2n) is 6.51. The molecule has 3 aromatic rings. The molecule has 2 heterocycles. The van der Waals surface area contributed by atoms with Gasteiger partial charge in [0.2, 0.25) is 5.91 Å². The molecular weight excluding hydrogens is 328 g/mol. The molecule has 0 atom stereocenters. The van der Waals surface area contributed by atoms with Gasteiger partial charge in [-0.25, -0.2) is 10.5 Å². The summed E-state index contributed by atoms with van der Waals surface area (Å²) in [5.41, 5.74) is 8.57. The van der Waals surface area contributed by atoms with E-state index < -0.39 is 0 Å². The lowest BCUT2D eigenvalue weighted by molar-refractivity contribution is -0.134. The molecule has 1 amide bonds. The van der Waals surface area contributed by atoms with E-state index in [0.717, 1.165) is 39.1 Å². The summed E-state index contributed by atoms with van der Waals surface area (Å²) in [6.45, 7) is 6.39. The minimum Gasteiger partial charge on any atom is -0.273 e. The molecule has 1 aromatic carbocycles. The van der Waals surface area contributed by atoms with Crippen molar-refractivity contribution in [1.82, 2.24) is 20.2 Å². The van der Waals surface area contributed by atoms with Crippen molar-refractivity contribution in [2.45, 2.75) is 40.2 Å². The van der Waals surface area contributed by atoms with Crippen LogP contribution in [-0.4, -0.2) is 20.7 Å². The Morgan fingerprint density at radius 3 is 2.62 bits per heavy atom. The minimum absolute atomic E-state index is 0.136. The standard InChI is InChI=1S/C20H24N4O2/c1-13-17(14(2)21-20-19(13)15(3)22-24(20)4)10-11-18(25)23-26-12-16-8-6-5-7-9-16/h5-9H,10-12H2,1-4H3,(H,23,25). The molecule has 0 radical (unpaired) electrons. The summed E-state index contributed by atoms with van der Waals surface area (Å²) in [4.78, 5) is 22.1. The third-order valence-corrected chi connectivity index (χ3v) is 4.60. The van der Waals surface area contributed by atoms with Crippen LogP contribution in [0.4, 0.5) is 0 Å². The Balaban J connectivity index is 1.62. The van der Waals surface area contributed by atoms with Crippen molar-refractivity contribution in [3.8, 4) is 0 Å². The molecular formula is C20H24N4O2. The van der Waals surface area contributed by atoms with Crippen LogP contribution in [0.3, 0.4) is 0 Å². The molecule has 0 spiro atoms. The fourth-order valence-corrected chi connectivity index (χ4v) is 3.29. The van der Waals surface area contributed by atoms with Crippen LogP contribution in [-0.2, 0) is 29.7 Å². The van der Waals surface area contributed by atoms with Crippen LogP contribution in [0.1, 0.15) is 34.5 Å². The number of carbonyl (C=O) groups is 1. The average molecular weight is 352 g/mol. The van der Waals surface area contributed by atoms with Gasteiger partial charge in [-0.3, -0.25) is 14.3 Å². The van der Waals surface area contributed by atoms with Gasteiger partial charge >= 0.3 is 0 Å². The number of rotatable bonds is 6. The summed E-state index contributed by atoms with van der Waals surface area (Å²) < 4.78 is 1.80. The number of hydroxylamine groups is 1. The van der Waals surface area contributed by atoms with E-state index >= 15 is 0 Å². The molecule has 26 heavy (non-hydrogen) atoms. The summed E-state index contributed by atoms with van der Waals surface area (Å²) in [5.74, 6) is -0.136. The van der Waals surface area contributed by atoms with Crippen LogP contribution in [0.25, 0.3) is 11.0 Å². The van der Waals surface area contributed by atoms with Crippen molar-refractivity contribution < 1.29 is 9.63 Å². The monoisotopic (exact) mass is 352 g/mol. The van der Waals surface area contributed by atoms with Crippen LogP contribution < -0.4 is 5.48 Å². The number of nitrogens with one attached hydrogen (secondary N) is 1. The number of pyridine rings is 1. The highest BCUT2D eigenvalue weighted by Crippen LogP contribution is 2.25. The van der Waals surface area contributed by atoms with Crippen molar-refractivity contribution >= 4 is 16.9 Å². The first-order valence-corrected chi connectivity index (χ1v) is 8.71. The molecule has 0 aliphatic heterocycles. The second kappa shape index (κ2) is 7.66. The van der Waals surface area contributed by atoms with E-state index in [0.29, 0.717) is 19.4 Å². The Morgan fingerprint density at radius 1 is 1.15 bits per heavy atom. The number of nitrogens with zero attached hydrogens (tertiary/aromatic N) is 3. The fraction of sp³-hybridized carbons (Fsp3) is 0.350. The molecule has 0 fully saturated rings. The Morgan fingerprint density at radius 2 is 1.88 bits per heavy atom. The summed E-state index contributed by atoms with van der Waals surface area (Å²) in [6.07, 6.45) is 0.971. The predicted molar refractivity (Wildman–Crippen MR) is 100 cm³/mol. The molecule has 0 aliphatic rings. The summed E-state index contributed by atoms with van der Waals surface area (Å²) in [6, 6.07) is 9.73. The first kappa shape index (κ1) is 18.1. The van der Waals surface area contributed by atoms with E-state index in [1.165, 1.54) is 0 Å². The zero-order valence-corrected chi connectivity index (χ0v) is 15.7. The van der Waals surface area contributed by atoms with Gasteiger partial charge in [0.05, 0.1) is 12.3 Å². The van der Waals surface area contributed by atoms with Crippen LogP contribution in [0, 0.1) is 20.8 Å². The number of hydrogen-bond donors (Lipinski definition) is 1. The Bertz CT molecular complexity index is 932. The SMILES string of the molecule is Cc1nc2c(c(C)nn2C)c(C)c1CCC(=O)NOCc1ccccc1. The van der Waals surface area contributed by atoms with Gasteiger partial charge < -0.3 is 0 Å². The van der Waals surface area contributed by atoms with Crippen molar-refractivity contribution in [3.63, 3.8) is 0 Å². The third-order valence-electron chi connectivity index (χ3n) is 4.60. The maximum Gasteiger partial charge on any atom is 0.243 e. The number of fused-ring (bicyclic) bond motifs is 1. The van der Waals surface area contributed by atoms with E-state index in [4.69, 9.17) is 4.84 Å². The fourth-order valence-electron chi connectivity index (χ4n) is 3.29. The predicted octanol–water partition coefficient (Wildman–Crippen LogP) is 3.07. The summed E-state index contributed by atoms with van der Waals surface area (Å²) in [5, 5.41) is 5.53. The number of aromatic nitrogens is 3. The summed E-state index contributed by atoms with van der Waals surface area (Å²) in [7, 11) is 1.90. The molecule has 136 valence electrons. The maximum absolute atomic E-state index is 12.1. The van der Waals surface area contributed by atoms with Gasteiger partial charge in [0.1, 0.15) is 0 Å². The van der Waals surface area contributed by atoms with E-state index in [2.05, 4.69) is 22.5 Å². The number of amides is 1. The van der Waals surface area contributed by atoms with Crippen molar-refractivity contribution in [2.24, 2.45) is 7.05 Å². The van der Waals surface area contributed by atoms with E-state index in [9.17, 15) is 4.79 Å².